The zero-order valence-corrected chi connectivity index (χ0v) is 13.7. The van der Waals surface area contributed by atoms with Crippen LogP contribution < -0.4 is 16.0 Å². The molecule has 3 rings (SSSR count). The van der Waals surface area contributed by atoms with Crippen LogP contribution in [-0.2, 0) is 6.61 Å². The van der Waals surface area contributed by atoms with E-state index in [4.69, 9.17) is 10.5 Å². The highest BCUT2D eigenvalue weighted by Crippen LogP contribution is 2.35. The van der Waals surface area contributed by atoms with Gasteiger partial charge >= 0.3 is 0 Å². The highest BCUT2D eigenvalue weighted by atomic mass is 16.5. The van der Waals surface area contributed by atoms with Gasteiger partial charge in [-0.15, -0.1) is 0 Å². The summed E-state index contributed by atoms with van der Waals surface area (Å²) in [5.41, 5.74) is 6.62. The molecule has 3 N–H and O–H groups in total. The Morgan fingerprint density at radius 3 is 2.31 bits per heavy atom. The van der Waals surface area contributed by atoms with E-state index >= 15 is 0 Å². The van der Waals surface area contributed by atoms with Crippen molar-refractivity contribution in [1.29, 1.82) is 10.5 Å². The van der Waals surface area contributed by atoms with Gasteiger partial charge in [-0.2, -0.15) is 10.5 Å². The predicted octanol–water partition coefficient (Wildman–Crippen LogP) is 2.95. The monoisotopic (exact) mass is 342 g/mol. The maximum absolute atomic E-state index is 12.1. The number of nitriles is 2. The minimum atomic E-state index is -0.642. The van der Waals surface area contributed by atoms with Crippen LogP contribution in [0.25, 0.3) is 11.1 Å². The van der Waals surface area contributed by atoms with Crippen molar-refractivity contribution in [3.8, 4) is 29.0 Å². The second-order valence-electron chi connectivity index (χ2n) is 5.49. The summed E-state index contributed by atoms with van der Waals surface area (Å²) < 4.78 is 5.88. The summed E-state index contributed by atoms with van der Waals surface area (Å²) in [6, 6.07) is 20.3. The van der Waals surface area contributed by atoms with Gasteiger partial charge in [0.2, 0.25) is 0 Å². The average molecular weight is 342 g/mol. The smallest absolute Gasteiger partial charge is 0.268 e. The van der Waals surface area contributed by atoms with Crippen LogP contribution in [-0.4, -0.2) is 4.98 Å². The van der Waals surface area contributed by atoms with E-state index in [0.29, 0.717) is 17.9 Å². The lowest BCUT2D eigenvalue weighted by Crippen LogP contribution is -2.16. The molecule has 0 fully saturated rings. The number of pyridine rings is 1. The first-order chi connectivity index (χ1) is 12.7. The van der Waals surface area contributed by atoms with Crippen LogP contribution in [0.1, 0.15) is 16.7 Å². The van der Waals surface area contributed by atoms with E-state index in [1.807, 2.05) is 42.5 Å². The van der Waals surface area contributed by atoms with Gasteiger partial charge < -0.3 is 15.5 Å². The minimum Gasteiger partial charge on any atom is -0.488 e. The summed E-state index contributed by atoms with van der Waals surface area (Å²) in [4.78, 5) is 14.4. The quantitative estimate of drug-likeness (QED) is 0.756. The molecular weight excluding hydrogens is 328 g/mol. The second kappa shape index (κ2) is 7.25. The van der Waals surface area contributed by atoms with Crippen molar-refractivity contribution >= 4 is 5.82 Å². The molecule has 2 aromatic carbocycles. The number of aromatic nitrogens is 1. The van der Waals surface area contributed by atoms with Crippen molar-refractivity contribution in [2.24, 2.45) is 0 Å². The largest absolute Gasteiger partial charge is 0.488 e. The number of para-hydroxylation sites is 1. The van der Waals surface area contributed by atoms with Gasteiger partial charge in [0.15, 0.2) is 0 Å². The fourth-order valence-corrected chi connectivity index (χ4v) is 2.65. The maximum atomic E-state index is 12.1. The molecule has 0 amide bonds. The molecule has 3 aromatic rings. The Morgan fingerprint density at radius 2 is 1.62 bits per heavy atom. The van der Waals surface area contributed by atoms with Crippen LogP contribution in [0, 0.1) is 22.7 Å². The summed E-state index contributed by atoms with van der Waals surface area (Å²) in [5.74, 6) is 0.374. The van der Waals surface area contributed by atoms with Crippen LogP contribution in [0.5, 0.6) is 5.75 Å². The zero-order valence-electron chi connectivity index (χ0n) is 13.7. The maximum Gasteiger partial charge on any atom is 0.268 e. The molecule has 1 heterocycles. The number of nitrogens with one attached hydrogen (secondary N) is 1. The number of hydrogen-bond donors (Lipinski definition) is 2. The average Bonchev–Trinajstić information content (AvgIpc) is 2.67. The Kier molecular flexibility index (Phi) is 4.69. The lowest BCUT2D eigenvalue weighted by Gasteiger charge is -2.14. The number of benzene rings is 2. The fourth-order valence-electron chi connectivity index (χ4n) is 2.65. The van der Waals surface area contributed by atoms with Crippen molar-refractivity contribution in [3.63, 3.8) is 0 Å². The summed E-state index contributed by atoms with van der Waals surface area (Å²) >= 11 is 0. The molecular formula is C20H14N4O2. The van der Waals surface area contributed by atoms with Crippen LogP contribution in [0.2, 0.25) is 0 Å². The second-order valence-corrected chi connectivity index (χ2v) is 5.49. The Morgan fingerprint density at radius 1 is 0.962 bits per heavy atom. The van der Waals surface area contributed by atoms with Crippen molar-refractivity contribution in [2.45, 2.75) is 6.61 Å². The molecule has 6 nitrogen and oxygen atoms in total. The Balaban J connectivity index is 2.13. The van der Waals surface area contributed by atoms with Gasteiger partial charge in [0.05, 0.1) is 0 Å². The van der Waals surface area contributed by atoms with Crippen LogP contribution >= 0.6 is 0 Å². The summed E-state index contributed by atoms with van der Waals surface area (Å²) in [6.07, 6.45) is 0. The van der Waals surface area contributed by atoms with E-state index in [2.05, 4.69) is 4.98 Å². The van der Waals surface area contributed by atoms with E-state index in [1.165, 1.54) is 0 Å². The van der Waals surface area contributed by atoms with E-state index in [-0.39, 0.29) is 22.5 Å². The van der Waals surface area contributed by atoms with E-state index in [0.717, 1.165) is 5.56 Å². The number of nitrogens with two attached hydrogens (primary N) is 1. The van der Waals surface area contributed by atoms with Crippen molar-refractivity contribution in [3.05, 3.63) is 81.6 Å². The molecule has 0 aliphatic heterocycles. The molecule has 0 aliphatic rings. The molecule has 0 saturated carbocycles. The van der Waals surface area contributed by atoms with Crippen molar-refractivity contribution in [2.75, 3.05) is 5.73 Å². The summed E-state index contributed by atoms with van der Waals surface area (Å²) in [5, 5.41) is 18.9. The van der Waals surface area contributed by atoms with Crippen molar-refractivity contribution < 1.29 is 4.74 Å². The standard InChI is InChI=1S/C20H14N4O2/c21-10-15-18(16(11-22)20(25)24-19(15)23)14-8-4-5-9-17(14)26-12-13-6-2-1-3-7-13/h1-9H,12H2,(H3,23,24,25). The zero-order chi connectivity index (χ0) is 18.5. The third-order valence-electron chi connectivity index (χ3n) is 3.86. The number of H-pyrrole nitrogens is 1. The fraction of sp³-hybridized carbons (Fsp3) is 0.0500. The summed E-state index contributed by atoms with van der Waals surface area (Å²) in [7, 11) is 0. The highest BCUT2D eigenvalue weighted by molar-refractivity contribution is 5.83. The molecule has 0 aliphatic carbocycles. The Labute approximate surface area is 149 Å². The first-order valence-electron chi connectivity index (χ1n) is 7.77. The third kappa shape index (κ3) is 3.12. The lowest BCUT2D eigenvalue weighted by molar-refractivity contribution is 0.307. The number of nitrogen functional groups attached to an aromatic ring is 1. The van der Waals surface area contributed by atoms with Gasteiger partial charge in [-0.1, -0.05) is 48.5 Å². The predicted molar refractivity (Wildman–Crippen MR) is 97.1 cm³/mol. The molecule has 1 aromatic heterocycles. The van der Waals surface area contributed by atoms with Gasteiger partial charge in [0, 0.05) is 11.1 Å². The van der Waals surface area contributed by atoms with Gasteiger partial charge in [0.25, 0.3) is 5.56 Å². The SMILES string of the molecule is N#Cc1c(N)[nH]c(=O)c(C#N)c1-c1ccccc1OCc1ccccc1. The minimum absolute atomic E-state index is 0.0388. The molecule has 0 bridgehead atoms. The number of aromatic amines is 1. The van der Waals surface area contributed by atoms with Crippen molar-refractivity contribution in [1.82, 2.24) is 4.98 Å². The lowest BCUT2D eigenvalue weighted by atomic mass is 9.96. The molecule has 26 heavy (non-hydrogen) atoms. The molecule has 6 heteroatoms. The van der Waals surface area contributed by atoms with Gasteiger partial charge in [-0.3, -0.25) is 4.79 Å². The third-order valence-corrected chi connectivity index (χ3v) is 3.86. The van der Waals surface area contributed by atoms with E-state index < -0.39 is 5.56 Å². The number of anilines is 1. The molecule has 0 unspecified atom stereocenters. The first kappa shape index (κ1) is 16.8. The van der Waals surface area contributed by atoms with E-state index in [1.54, 1.807) is 24.3 Å². The van der Waals surface area contributed by atoms with Crippen LogP contribution in [0.3, 0.4) is 0 Å². The molecule has 0 saturated heterocycles. The van der Waals surface area contributed by atoms with E-state index in [9.17, 15) is 15.3 Å². The van der Waals surface area contributed by atoms with Gasteiger partial charge in [-0.25, -0.2) is 0 Å². The normalized spacial score (nSPS) is 9.92. The molecule has 0 atom stereocenters. The summed E-state index contributed by atoms with van der Waals surface area (Å²) in [6.45, 7) is 0.306. The van der Waals surface area contributed by atoms with Crippen LogP contribution in [0.4, 0.5) is 5.82 Å². The molecule has 0 spiro atoms. The van der Waals surface area contributed by atoms with Gasteiger partial charge in [-0.05, 0) is 11.6 Å². The van der Waals surface area contributed by atoms with Gasteiger partial charge in [0.1, 0.15) is 41.4 Å². The Hall–Kier alpha value is -4.03. The number of hydrogen-bond acceptors (Lipinski definition) is 5. The molecule has 126 valence electrons. The highest BCUT2D eigenvalue weighted by Gasteiger charge is 2.20. The van der Waals surface area contributed by atoms with Crippen LogP contribution in [0.15, 0.2) is 59.4 Å². The number of ether oxygens (including phenoxy) is 1. The molecule has 0 radical (unpaired) electrons. The topological polar surface area (TPSA) is 116 Å². The number of nitrogens with zero attached hydrogens (tertiary/aromatic N) is 2. The number of rotatable bonds is 4. The Bertz CT molecular complexity index is 1090. The first-order valence-corrected chi connectivity index (χ1v) is 7.77.